The van der Waals surface area contributed by atoms with E-state index in [1.54, 1.807) is 6.07 Å². The minimum Gasteiger partial charge on any atom is -0.458 e. The van der Waals surface area contributed by atoms with Crippen LogP contribution in [0.3, 0.4) is 0 Å². The number of furan rings is 1. The Morgan fingerprint density at radius 3 is 2.84 bits per heavy atom. The fourth-order valence-electron chi connectivity index (χ4n) is 3.27. The molecule has 1 saturated carbocycles. The summed E-state index contributed by atoms with van der Waals surface area (Å²) in [5, 5.41) is 0.856. The van der Waals surface area contributed by atoms with Gasteiger partial charge in [-0.3, -0.25) is 0 Å². The van der Waals surface area contributed by atoms with E-state index >= 15 is 0 Å². The number of rotatable bonds is 2. The number of para-hydroxylation sites is 1. The van der Waals surface area contributed by atoms with Crippen LogP contribution in [0.1, 0.15) is 43.8 Å². The summed E-state index contributed by atoms with van der Waals surface area (Å²) >= 11 is 0. The Kier molecular flexibility index (Phi) is 3.56. The van der Waals surface area contributed by atoms with E-state index in [0.29, 0.717) is 24.0 Å². The maximum Gasteiger partial charge on any atom is 0.169 e. The molecule has 1 aromatic heterocycles. The topological polar surface area (TPSA) is 39.2 Å². The minimum absolute atomic E-state index is 0.276. The molecule has 1 aromatic carbocycles. The lowest BCUT2D eigenvalue weighted by Gasteiger charge is -2.21. The molecule has 2 atom stereocenters. The van der Waals surface area contributed by atoms with Crippen molar-refractivity contribution < 1.29 is 8.81 Å². The van der Waals surface area contributed by atoms with Gasteiger partial charge < -0.3 is 10.2 Å². The van der Waals surface area contributed by atoms with Crippen LogP contribution in [-0.4, -0.2) is 6.54 Å². The number of nitrogens with two attached hydrogens (primary N) is 1. The molecule has 1 fully saturated rings. The first-order valence-corrected chi connectivity index (χ1v) is 7.17. The van der Waals surface area contributed by atoms with Gasteiger partial charge in [-0.05, 0) is 37.4 Å². The Bertz CT molecular complexity index is 563. The van der Waals surface area contributed by atoms with E-state index < -0.39 is 0 Å². The Labute approximate surface area is 112 Å². The highest BCUT2D eigenvalue weighted by Crippen LogP contribution is 2.38. The molecule has 2 N–H and O–H groups in total. The van der Waals surface area contributed by atoms with Gasteiger partial charge in [0.1, 0.15) is 5.76 Å². The van der Waals surface area contributed by atoms with Crippen molar-refractivity contribution in [3.8, 4) is 0 Å². The van der Waals surface area contributed by atoms with E-state index in [0.717, 1.165) is 24.0 Å². The second kappa shape index (κ2) is 5.33. The van der Waals surface area contributed by atoms with Crippen LogP contribution >= 0.6 is 0 Å². The third-order valence-corrected chi connectivity index (χ3v) is 4.34. The van der Waals surface area contributed by atoms with Crippen LogP contribution < -0.4 is 5.73 Å². The number of hydrogen-bond donors (Lipinski definition) is 1. The molecule has 0 radical (unpaired) electrons. The Morgan fingerprint density at radius 2 is 2.05 bits per heavy atom. The highest BCUT2D eigenvalue weighted by molar-refractivity contribution is 5.78. The third-order valence-electron chi connectivity index (χ3n) is 4.34. The van der Waals surface area contributed by atoms with Crippen molar-refractivity contribution in [2.45, 2.75) is 38.0 Å². The van der Waals surface area contributed by atoms with Crippen molar-refractivity contribution in [3.05, 3.63) is 35.8 Å². The molecule has 3 heteroatoms. The highest BCUT2D eigenvalue weighted by Gasteiger charge is 2.27. The maximum atomic E-state index is 13.7. The lowest BCUT2D eigenvalue weighted by molar-refractivity contribution is 0.353. The van der Waals surface area contributed by atoms with Gasteiger partial charge >= 0.3 is 0 Å². The fourth-order valence-corrected chi connectivity index (χ4v) is 3.27. The second-order valence-corrected chi connectivity index (χ2v) is 5.55. The van der Waals surface area contributed by atoms with E-state index in [-0.39, 0.29) is 5.82 Å². The lowest BCUT2D eigenvalue weighted by atomic mass is 9.86. The molecular formula is C16H20FNO. The quantitative estimate of drug-likeness (QED) is 0.823. The van der Waals surface area contributed by atoms with Crippen LogP contribution in [0.4, 0.5) is 4.39 Å². The highest BCUT2D eigenvalue weighted by atomic mass is 19.1. The average Bonchev–Trinajstić information content (AvgIpc) is 2.71. The normalized spacial score (nSPS) is 24.5. The van der Waals surface area contributed by atoms with Crippen molar-refractivity contribution >= 4 is 11.0 Å². The summed E-state index contributed by atoms with van der Waals surface area (Å²) in [5.74, 6) is 1.45. The van der Waals surface area contributed by atoms with Crippen LogP contribution in [0.2, 0.25) is 0 Å². The molecule has 2 nitrogen and oxygen atoms in total. The first-order valence-electron chi connectivity index (χ1n) is 7.17. The van der Waals surface area contributed by atoms with Crippen molar-refractivity contribution in [1.82, 2.24) is 0 Å². The molecular weight excluding hydrogens is 241 g/mol. The van der Waals surface area contributed by atoms with E-state index in [9.17, 15) is 4.39 Å². The summed E-state index contributed by atoms with van der Waals surface area (Å²) in [6.45, 7) is 0.685. The fraction of sp³-hybridized carbons (Fsp3) is 0.500. The minimum atomic E-state index is -0.276. The van der Waals surface area contributed by atoms with Gasteiger partial charge in [-0.1, -0.05) is 31.4 Å². The van der Waals surface area contributed by atoms with Crippen LogP contribution in [0.25, 0.3) is 11.0 Å². The molecule has 102 valence electrons. The number of benzene rings is 1. The summed E-state index contributed by atoms with van der Waals surface area (Å²) in [4.78, 5) is 0. The summed E-state index contributed by atoms with van der Waals surface area (Å²) < 4.78 is 19.5. The Morgan fingerprint density at radius 1 is 1.21 bits per heavy atom. The lowest BCUT2D eigenvalue weighted by Crippen LogP contribution is -2.20. The van der Waals surface area contributed by atoms with Gasteiger partial charge in [-0.15, -0.1) is 0 Å². The molecule has 1 aliphatic carbocycles. The van der Waals surface area contributed by atoms with Crippen LogP contribution in [0, 0.1) is 11.7 Å². The first-order chi connectivity index (χ1) is 9.29. The molecule has 0 saturated heterocycles. The van der Waals surface area contributed by atoms with Gasteiger partial charge in [0.15, 0.2) is 11.4 Å². The third kappa shape index (κ3) is 2.39. The van der Waals surface area contributed by atoms with Gasteiger partial charge in [-0.2, -0.15) is 0 Å². The molecule has 1 aliphatic rings. The van der Waals surface area contributed by atoms with Crippen molar-refractivity contribution in [1.29, 1.82) is 0 Å². The Hall–Kier alpha value is -1.35. The molecule has 2 aromatic rings. The zero-order valence-corrected chi connectivity index (χ0v) is 11.1. The molecule has 0 spiro atoms. The van der Waals surface area contributed by atoms with E-state index in [2.05, 4.69) is 0 Å². The van der Waals surface area contributed by atoms with E-state index in [1.807, 2.05) is 12.1 Å². The van der Waals surface area contributed by atoms with Crippen LogP contribution in [0.15, 0.2) is 28.7 Å². The summed E-state index contributed by atoms with van der Waals surface area (Å²) in [7, 11) is 0. The van der Waals surface area contributed by atoms with Crippen molar-refractivity contribution in [2.24, 2.45) is 11.7 Å². The molecule has 0 amide bonds. The number of halogens is 1. The summed E-state index contributed by atoms with van der Waals surface area (Å²) in [6, 6.07) is 7.07. The zero-order valence-electron chi connectivity index (χ0n) is 11.1. The molecule has 2 unspecified atom stereocenters. The summed E-state index contributed by atoms with van der Waals surface area (Å²) in [5.41, 5.74) is 6.30. The van der Waals surface area contributed by atoms with E-state index in [4.69, 9.17) is 10.2 Å². The average molecular weight is 261 g/mol. The molecule has 0 aliphatic heterocycles. The standard InChI is InChI=1S/C16H20FNO/c17-14-8-4-6-11-9-15(19-16(11)14)13-7-3-1-2-5-12(13)10-18/h4,6,8-9,12-13H,1-3,5,7,10,18H2. The van der Waals surface area contributed by atoms with E-state index in [1.165, 1.54) is 25.3 Å². The molecule has 3 rings (SSSR count). The van der Waals surface area contributed by atoms with Gasteiger partial charge in [0.05, 0.1) is 0 Å². The molecule has 0 bridgehead atoms. The van der Waals surface area contributed by atoms with Gasteiger partial charge in [-0.25, -0.2) is 4.39 Å². The van der Waals surface area contributed by atoms with Gasteiger partial charge in [0, 0.05) is 11.3 Å². The second-order valence-electron chi connectivity index (χ2n) is 5.55. The number of fused-ring (bicyclic) bond motifs is 1. The van der Waals surface area contributed by atoms with Crippen LogP contribution in [-0.2, 0) is 0 Å². The first kappa shape index (κ1) is 12.7. The van der Waals surface area contributed by atoms with Gasteiger partial charge in [0.2, 0.25) is 0 Å². The Balaban J connectivity index is 1.99. The molecule has 19 heavy (non-hydrogen) atoms. The largest absolute Gasteiger partial charge is 0.458 e. The smallest absolute Gasteiger partial charge is 0.169 e. The predicted molar refractivity (Wildman–Crippen MR) is 74.5 cm³/mol. The molecule has 1 heterocycles. The number of hydrogen-bond acceptors (Lipinski definition) is 2. The van der Waals surface area contributed by atoms with Crippen molar-refractivity contribution in [2.75, 3.05) is 6.54 Å². The van der Waals surface area contributed by atoms with Crippen LogP contribution in [0.5, 0.6) is 0 Å². The summed E-state index contributed by atoms with van der Waals surface area (Å²) in [6.07, 6.45) is 5.97. The predicted octanol–water partition coefficient (Wildman–Crippen LogP) is 4.19. The van der Waals surface area contributed by atoms with Crippen molar-refractivity contribution in [3.63, 3.8) is 0 Å². The monoisotopic (exact) mass is 261 g/mol. The SMILES string of the molecule is NCC1CCCCCC1c1cc2cccc(F)c2o1. The zero-order chi connectivity index (χ0) is 13.2. The van der Waals surface area contributed by atoms with Gasteiger partial charge in [0.25, 0.3) is 0 Å². The maximum absolute atomic E-state index is 13.7.